The molecule has 0 spiro atoms. The summed E-state index contributed by atoms with van der Waals surface area (Å²) in [5.41, 5.74) is 7.09. The lowest BCUT2D eigenvalue weighted by Crippen LogP contribution is -2.19. The third-order valence-electron chi connectivity index (χ3n) is 3.79. The van der Waals surface area contributed by atoms with Gasteiger partial charge in [0.25, 0.3) is 0 Å². The van der Waals surface area contributed by atoms with E-state index in [1.165, 1.54) is 12.8 Å². The SMILES string of the molecule is COc1ccccc1C(N)c1noc(CN2CCCC2)n1. The second-order valence-corrected chi connectivity index (χ2v) is 5.25. The summed E-state index contributed by atoms with van der Waals surface area (Å²) < 4.78 is 10.6. The van der Waals surface area contributed by atoms with Crippen molar-refractivity contribution >= 4 is 0 Å². The van der Waals surface area contributed by atoms with Crippen molar-refractivity contribution in [2.24, 2.45) is 5.73 Å². The Balaban J connectivity index is 1.75. The second kappa shape index (κ2) is 6.24. The van der Waals surface area contributed by atoms with Crippen LogP contribution in [0.5, 0.6) is 5.75 Å². The van der Waals surface area contributed by atoms with E-state index in [9.17, 15) is 0 Å². The van der Waals surface area contributed by atoms with E-state index in [2.05, 4.69) is 15.0 Å². The standard InChI is InChI=1S/C15H20N4O2/c1-20-12-7-3-2-6-11(12)14(16)15-17-13(21-18-15)10-19-8-4-5-9-19/h2-3,6-7,14H,4-5,8-10,16H2,1H3. The van der Waals surface area contributed by atoms with Crippen molar-refractivity contribution in [3.8, 4) is 5.75 Å². The maximum Gasteiger partial charge on any atom is 0.240 e. The van der Waals surface area contributed by atoms with E-state index in [1.54, 1.807) is 7.11 Å². The number of methoxy groups -OCH3 is 1. The summed E-state index contributed by atoms with van der Waals surface area (Å²) in [5.74, 6) is 1.85. The zero-order chi connectivity index (χ0) is 14.7. The average molecular weight is 288 g/mol. The van der Waals surface area contributed by atoms with Crippen molar-refractivity contribution in [2.45, 2.75) is 25.4 Å². The van der Waals surface area contributed by atoms with Crippen LogP contribution in [0.3, 0.4) is 0 Å². The van der Waals surface area contributed by atoms with Crippen molar-refractivity contribution in [3.63, 3.8) is 0 Å². The molecule has 3 rings (SSSR count). The fourth-order valence-corrected chi connectivity index (χ4v) is 2.65. The molecular formula is C15H20N4O2. The van der Waals surface area contributed by atoms with Crippen molar-refractivity contribution in [1.29, 1.82) is 0 Å². The van der Waals surface area contributed by atoms with E-state index in [4.69, 9.17) is 15.0 Å². The maximum absolute atomic E-state index is 6.24. The zero-order valence-corrected chi connectivity index (χ0v) is 12.2. The first-order chi connectivity index (χ1) is 10.3. The Bertz CT molecular complexity index is 593. The van der Waals surface area contributed by atoms with Crippen LogP contribution in [0.2, 0.25) is 0 Å². The molecule has 112 valence electrons. The molecule has 1 aromatic carbocycles. The molecule has 0 aliphatic carbocycles. The molecule has 1 aliphatic heterocycles. The minimum atomic E-state index is -0.447. The van der Waals surface area contributed by atoms with Gasteiger partial charge in [-0.15, -0.1) is 0 Å². The number of para-hydroxylation sites is 1. The minimum absolute atomic E-state index is 0.447. The molecule has 0 saturated carbocycles. The Hall–Kier alpha value is -1.92. The molecule has 21 heavy (non-hydrogen) atoms. The minimum Gasteiger partial charge on any atom is -0.496 e. The van der Waals surface area contributed by atoms with Crippen LogP contribution < -0.4 is 10.5 Å². The Morgan fingerprint density at radius 2 is 2.10 bits per heavy atom. The molecule has 1 saturated heterocycles. The molecule has 1 fully saturated rings. The van der Waals surface area contributed by atoms with E-state index in [-0.39, 0.29) is 0 Å². The van der Waals surface area contributed by atoms with Crippen molar-refractivity contribution in [2.75, 3.05) is 20.2 Å². The van der Waals surface area contributed by atoms with Gasteiger partial charge in [-0.3, -0.25) is 4.90 Å². The lowest BCUT2D eigenvalue weighted by atomic mass is 10.1. The molecule has 1 aromatic heterocycles. The van der Waals surface area contributed by atoms with Crippen LogP contribution in [-0.4, -0.2) is 35.2 Å². The molecular weight excluding hydrogens is 268 g/mol. The average Bonchev–Trinajstić information content (AvgIpc) is 3.19. The summed E-state index contributed by atoms with van der Waals surface area (Å²) in [6, 6.07) is 7.17. The molecule has 1 aliphatic rings. The Morgan fingerprint density at radius 1 is 1.33 bits per heavy atom. The smallest absolute Gasteiger partial charge is 0.240 e. The summed E-state index contributed by atoms with van der Waals surface area (Å²) >= 11 is 0. The van der Waals surface area contributed by atoms with Crippen molar-refractivity contribution in [1.82, 2.24) is 15.0 Å². The van der Waals surface area contributed by atoms with Gasteiger partial charge < -0.3 is 15.0 Å². The number of likely N-dealkylation sites (tertiary alicyclic amines) is 1. The Morgan fingerprint density at radius 3 is 2.86 bits per heavy atom. The highest BCUT2D eigenvalue weighted by molar-refractivity contribution is 5.38. The van der Waals surface area contributed by atoms with Gasteiger partial charge in [-0.05, 0) is 32.0 Å². The van der Waals surface area contributed by atoms with Crippen LogP contribution in [-0.2, 0) is 6.54 Å². The van der Waals surface area contributed by atoms with Crippen LogP contribution in [0.4, 0.5) is 0 Å². The first-order valence-electron chi connectivity index (χ1n) is 7.21. The quantitative estimate of drug-likeness (QED) is 0.902. The normalized spacial score (nSPS) is 17.0. The molecule has 0 amide bonds. The first-order valence-corrected chi connectivity index (χ1v) is 7.21. The topological polar surface area (TPSA) is 77.4 Å². The third-order valence-corrected chi connectivity index (χ3v) is 3.79. The third kappa shape index (κ3) is 3.06. The molecule has 1 atom stereocenters. The highest BCUT2D eigenvalue weighted by Crippen LogP contribution is 2.26. The van der Waals surface area contributed by atoms with Gasteiger partial charge in [0.15, 0.2) is 5.82 Å². The Kier molecular flexibility index (Phi) is 4.17. The number of aromatic nitrogens is 2. The summed E-state index contributed by atoms with van der Waals surface area (Å²) in [6.07, 6.45) is 2.48. The van der Waals surface area contributed by atoms with Gasteiger partial charge in [0.2, 0.25) is 5.89 Å². The largest absolute Gasteiger partial charge is 0.496 e. The van der Waals surface area contributed by atoms with Crippen LogP contribution >= 0.6 is 0 Å². The van der Waals surface area contributed by atoms with Gasteiger partial charge in [-0.2, -0.15) is 4.98 Å². The van der Waals surface area contributed by atoms with Gasteiger partial charge in [-0.1, -0.05) is 23.4 Å². The predicted octanol–water partition coefficient (Wildman–Crippen LogP) is 1.72. The van der Waals surface area contributed by atoms with Crippen LogP contribution in [0.1, 0.15) is 36.2 Å². The van der Waals surface area contributed by atoms with Gasteiger partial charge in [0.1, 0.15) is 5.75 Å². The predicted molar refractivity (Wildman–Crippen MR) is 77.8 cm³/mol. The molecule has 2 heterocycles. The summed E-state index contributed by atoms with van der Waals surface area (Å²) in [5, 5.41) is 4.02. The maximum atomic E-state index is 6.24. The number of nitrogens with two attached hydrogens (primary N) is 1. The van der Waals surface area contributed by atoms with E-state index in [0.717, 1.165) is 24.4 Å². The van der Waals surface area contributed by atoms with E-state index in [0.29, 0.717) is 18.3 Å². The molecule has 2 N–H and O–H groups in total. The van der Waals surface area contributed by atoms with Crippen LogP contribution in [0, 0.1) is 0 Å². The monoisotopic (exact) mass is 288 g/mol. The van der Waals surface area contributed by atoms with Gasteiger partial charge in [0.05, 0.1) is 19.7 Å². The lowest BCUT2D eigenvalue weighted by molar-refractivity contribution is 0.267. The summed E-state index contributed by atoms with van der Waals surface area (Å²) in [6.45, 7) is 2.89. The van der Waals surface area contributed by atoms with Crippen LogP contribution in [0.15, 0.2) is 28.8 Å². The summed E-state index contributed by atoms with van der Waals surface area (Å²) in [7, 11) is 1.63. The van der Waals surface area contributed by atoms with Crippen LogP contribution in [0.25, 0.3) is 0 Å². The number of rotatable bonds is 5. The molecule has 6 nitrogen and oxygen atoms in total. The van der Waals surface area contributed by atoms with Gasteiger partial charge in [0, 0.05) is 5.56 Å². The fraction of sp³-hybridized carbons (Fsp3) is 0.467. The highest BCUT2D eigenvalue weighted by Gasteiger charge is 2.21. The van der Waals surface area contributed by atoms with Gasteiger partial charge >= 0.3 is 0 Å². The molecule has 0 radical (unpaired) electrons. The number of hydrogen-bond donors (Lipinski definition) is 1. The number of nitrogens with zero attached hydrogens (tertiary/aromatic N) is 3. The lowest BCUT2D eigenvalue weighted by Gasteiger charge is -2.12. The molecule has 0 bridgehead atoms. The van der Waals surface area contributed by atoms with E-state index < -0.39 is 6.04 Å². The summed E-state index contributed by atoms with van der Waals surface area (Å²) in [4.78, 5) is 6.74. The second-order valence-electron chi connectivity index (χ2n) is 5.25. The Labute approximate surface area is 123 Å². The number of benzene rings is 1. The molecule has 6 heteroatoms. The van der Waals surface area contributed by atoms with E-state index in [1.807, 2.05) is 24.3 Å². The highest BCUT2D eigenvalue weighted by atomic mass is 16.5. The van der Waals surface area contributed by atoms with Gasteiger partial charge in [-0.25, -0.2) is 0 Å². The number of hydrogen-bond acceptors (Lipinski definition) is 6. The first kappa shape index (κ1) is 14.0. The van der Waals surface area contributed by atoms with Crippen molar-refractivity contribution in [3.05, 3.63) is 41.5 Å². The molecule has 2 aromatic rings. The van der Waals surface area contributed by atoms with Crippen molar-refractivity contribution < 1.29 is 9.26 Å². The fourth-order valence-electron chi connectivity index (χ4n) is 2.65. The molecule has 1 unspecified atom stereocenters. The zero-order valence-electron chi connectivity index (χ0n) is 12.2. The van der Waals surface area contributed by atoms with E-state index >= 15 is 0 Å². The number of ether oxygens (including phenoxy) is 1.